The van der Waals surface area contributed by atoms with Crippen molar-refractivity contribution in [3.8, 4) is 0 Å². The number of ketones is 1. The van der Waals surface area contributed by atoms with Gasteiger partial charge in [0.1, 0.15) is 4.32 Å². The second-order valence-corrected chi connectivity index (χ2v) is 7.75. The number of aryl methyl sites for hydroxylation is 2. The van der Waals surface area contributed by atoms with Gasteiger partial charge in [-0.05, 0) is 37.1 Å². The van der Waals surface area contributed by atoms with Crippen molar-refractivity contribution >= 4 is 47.1 Å². The molecule has 0 N–H and O–H groups in total. The van der Waals surface area contributed by atoms with Crippen LogP contribution in [-0.4, -0.2) is 28.1 Å². The SMILES string of the molecule is Cc1cccc(/C=C2\CN(C(=S)S)C/C(=C\c3cccc(C)c3)C2=O)c1. The number of carbonyl (C=O) groups excluding carboxylic acids is 1. The zero-order chi connectivity index (χ0) is 18.7. The van der Waals surface area contributed by atoms with Crippen LogP contribution in [0.2, 0.25) is 0 Å². The molecule has 1 saturated heterocycles. The number of Topliss-reactive ketones (excluding diaryl/α,β-unsaturated/α-hetero) is 1. The van der Waals surface area contributed by atoms with E-state index in [2.05, 4.69) is 24.8 Å². The summed E-state index contributed by atoms with van der Waals surface area (Å²) in [6.45, 7) is 5.06. The standard InChI is InChI=1S/C22H21NOS2/c1-15-5-3-7-17(9-15)11-19-13-23(22(25)26)14-20(21(19)24)12-18-8-4-6-16(2)10-18/h3-12H,13-14H2,1-2H3,(H,25,26)/b19-11+,20-12+. The van der Waals surface area contributed by atoms with Crippen molar-refractivity contribution in [1.82, 2.24) is 4.90 Å². The van der Waals surface area contributed by atoms with Crippen LogP contribution in [0, 0.1) is 13.8 Å². The van der Waals surface area contributed by atoms with Gasteiger partial charge in [-0.3, -0.25) is 4.79 Å². The Labute approximate surface area is 165 Å². The maximum atomic E-state index is 13.0. The summed E-state index contributed by atoms with van der Waals surface area (Å²) in [7, 11) is 0. The Kier molecular flexibility index (Phi) is 5.74. The first kappa shape index (κ1) is 18.6. The Morgan fingerprint density at radius 1 is 0.962 bits per heavy atom. The molecule has 3 rings (SSSR count). The summed E-state index contributed by atoms with van der Waals surface area (Å²) in [5.41, 5.74) is 5.85. The molecule has 2 nitrogen and oxygen atoms in total. The summed E-state index contributed by atoms with van der Waals surface area (Å²) in [5.74, 6) is 0.0776. The highest BCUT2D eigenvalue weighted by Crippen LogP contribution is 2.23. The Bertz CT molecular complexity index is 860. The molecule has 26 heavy (non-hydrogen) atoms. The van der Waals surface area contributed by atoms with E-state index in [-0.39, 0.29) is 5.78 Å². The number of rotatable bonds is 2. The normalized spacial score (nSPS) is 17.8. The van der Waals surface area contributed by atoms with Crippen molar-refractivity contribution in [2.75, 3.05) is 13.1 Å². The molecule has 0 saturated carbocycles. The average molecular weight is 380 g/mol. The first-order chi connectivity index (χ1) is 12.4. The van der Waals surface area contributed by atoms with E-state index >= 15 is 0 Å². The number of carbonyl (C=O) groups is 1. The Hall–Kier alpha value is -2.17. The van der Waals surface area contributed by atoms with E-state index < -0.39 is 0 Å². The first-order valence-electron chi connectivity index (χ1n) is 8.49. The van der Waals surface area contributed by atoms with Crippen molar-refractivity contribution < 1.29 is 4.79 Å². The van der Waals surface area contributed by atoms with Crippen molar-refractivity contribution in [3.05, 3.63) is 81.9 Å². The Morgan fingerprint density at radius 3 is 1.81 bits per heavy atom. The van der Waals surface area contributed by atoms with Gasteiger partial charge in [0.15, 0.2) is 5.78 Å². The minimum Gasteiger partial charge on any atom is -0.349 e. The summed E-state index contributed by atoms with van der Waals surface area (Å²) >= 11 is 9.58. The summed E-state index contributed by atoms with van der Waals surface area (Å²) in [5, 5.41) is 0. The minimum atomic E-state index is 0.0776. The quantitative estimate of drug-likeness (QED) is 0.457. The topological polar surface area (TPSA) is 20.3 Å². The molecule has 0 amide bonds. The lowest BCUT2D eigenvalue weighted by Gasteiger charge is -2.30. The van der Waals surface area contributed by atoms with E-state index in [9.17, 15) is 4.79 Å². The van der Waals surface area contributed by atoms with Crippen molar-refractivity contribution in [2.24, 2.45) is 0 Å². The molecule has 1 aliphatic heterocycles. The second kappa shape index (κ2) is 8.02. The van der Waals surface area contributed by atoms with Gasteiger partial charge in [0.25, 0.3) is 0 Å². The maximum absolute atomic E-state index is 13.0. The molecule has 0 aromatic heterocycles. The summed E-state index contributed by atoms with van der Waals surface area (Å²) in [6.07, 6.45) is 3.91. The van der Waals surface area contributed by atoms with Crippen LogP contribution >= 0.6 is 24.8 Å². The molecular weight excluding hydrogens is 358 g/mol. The van der Waals surface area contributed by atoms with Crippen LogP contribution in [-0.2, 0) is 4.79 Å². The first-order valence-corrected chi connectivity index (χ1v) is 9.35. The van der Waals surface area contributed by atoms with Crippen LogP contribution in [0.4, 0.5) is 0 Å². The number of nitrogens with zero attached hydrogens (tertiary/aromatic N) is 1. The molecule has 4 heteroatoms. The van der Waals surface area contributed by atoms with Crippen LogP contribution in [0.3, 0.4) is 0 Å². The highest BCUT2D eigenvalue weighted by atomic mass is 32.1. The highest BCUT2D eigenvalue weighted by molar-refractivity contribution is 8.10. The molecule has 0 spiro atoms. The smallest absolute Gasteiger partial charge is 0.188 e. The number of thiocarbonyl (C=S) groups is 1. The Morgan fingerprint density at radius 2 is 1.42 bits per heavy atom. The molecule has 0 unspecified atom stereocenters. The van der Waals surface area contributed by atoms with Gasteiger partial charge in [-0.15, -0.1) is 12.6 Å². The minimum absolute atomic E-state index is 0.0776. The van der Waals surface area contributed by atoms with Crippen molar-refractivity contribution in [3.63, 3.8) is 0 Å². The third-order valence-corrected chi connectivity index (χ3v) is 4.88. The molecule has 2 aromatic rings. The van der Waals surface area contributed by atoms with Crippen molar-refractivity contribution in [1.29, 1.82) is 0 Å². The van der Waals surface area contributed by atoms with Crippen LogP contribution in [0.1, 0.15) is 22.3 Å². The summed E-state index contributed by atoms with van der Waals surface area (Å²) < 4.78 is 0.503. The predicted molar refractivity (Wildman–Crippen MR) is 116 cm³/mol. The van der Waals surface area contributed by atoms with Gasteiger partial charge in [0.05, 0.1) is 0 Å². The fourth-order valence-electron chi connectivity index (χ4n) is 3.10. The molecule has 0 radical (unpaired) electrons. The number of likely N-dealkylation sites (tertiary alicyclic amines) is 1. The number of hydrogen-bond donors (Lipinski definition) is 1. The lowest BCUT2D eigenvalue weighted by Crippen LogP contribution is -2.39. The number of hydrogen-bond acceptors (Lipinski definition) is 2. The van der Waals surface area contributed by atoms with Gasteiger partial charge in [0, 0.05) is 24.2 Å². The molecule has 0 bridgehead atoms. The molecule has 1 heterocycles. The molecule has 1 fully saturated rings. The fraction of sp³-hybridized carbons (Fsp3) is 0.182. The maximum Gasteiger partial charge on any atom is 0.188 e. The van der Waals surface area contributed by atoms with Crippen LogP contribution < -0.4 is 0 Å². The lowest BCUT2D eigenvalue weighted by atomic mass is 9.94. The Balaban J connectivity index is 2.00. The lowest BCUT2D eigenvalue weighted by molar-refractivity contribution is -0.113. The monoisotopic (exact) mass is 379 g/mol. The van der Waals surface area contributed by atoms with E-state index in [1.807, 2.05) is 67.3 Å². The van der Waals surface area contributed by atoms with Crippen LogP contribution in [0.15, 0.2) is 59.7 Å². The zero-order valence-corrected chi connectivity index (χ0v) is 16.6. The molecule has 1 aliphatic rings. The van der Waals surface area contributed by atoms with E-state index in [1.165, 1.54) is 11.1 Å². The van der Waals surface area contributed by atoms with E-state index in [1.54, 1.807) is 0 Å². The van der Waals surface area contributed by atoms with Gasteiger partial charge in [-0.2, -0.15) is 0 Å². The van der Waals surface area contributed by atoms with Gasteiger partial charge in [-0.25, -0.2) is 0 Å². The highest BCUT2D eigenvalue weighted by Gasteiger charge is 2.26. The van der Waals surface area contributed by atoms with Gasteiger partial charge < -0.3 is 4.90 Å². The van der Waals surface area contributed by atoms with Gasteiger partial charge >= 0.3 is 0 Å². The van der Waals surface area contributed by atoms with E-state index in [0.29, 0.717) is 17.4 Å². The predicted octanol–water partition coefficient (Wildman–Crippen LogP) is 4.87. The number of thiol groups is 1. The third kappa shape index (κ3) is 4.51. The summed E-state index contributed by atoms with van der Waals surface area (Å²) in [6, 6.07) is 16.2. The number of piperidine rings is 1. The molecule has 2 aromatic carbocycles. The number of benzene rings is 2. The largest absolute Gasteiger partial charge is 0.349 e. The van der Waals surface area contributed by atoms with Gasteiger partial charge in [0.2, 0.25) is 0 Å². The van der Waals surface area contributed by atoms with E-state index in [4.69, 9.17) is 12.2 Å². The van der Waals surface area contributed by atoms with Crippen LogP contribution in [0.25, 0.3) is 12.2 Å². The molecular formula is C22H21NOS2. The van der Waals surface area contributed by atoms with E-state index in [0.717, 1.165) is 22.3 Å². The average Bonchev–Trinajstić information content (AvgIpc) is 2.58. The third-order valence-electron chi connectivity index (χ3n) is 4.34. The molecule has 0 atom stereocenters. The fourth-order valence-corrected chi connectivity index (χ4v) is 3.37. The van der Waals surface area contributed by atoms with Crippen LogP contribution in [0.5, 0.6) is 0 Å². The van der Waals surface area contributed by atoms with Gasteiger partial charge in [-0.1, -0.05) is 71.9 Å². The zero-order valence-electron chi connectivity index (χ0n) is 14.9. The molecule has 0 aliphatic carbocycles. The van der Waals surface area contributed by atoms with Crippen molar-refractivity contribution in [2.45, 2.75) is 13.8 Å². The second-order valence-electron chi connectivity index (χ2n) is 6.64. The molecule has 132 valence electrons. The summed E-state index contributed by atoms with van der Waals surface area (Å²) in [4.78, 5) is 15.0.